The zero-order chi connectivity index (χ0) is 65.1. The molecule has 3 aromatic carbocycles. The highest BCUT2D eigenvalue weighted by Crippen LogP contribution is 2.14. The van der Waals surface area contributed by atoms with E-state index < -0.39 is 108 Å². The fourth-order valence-corrected chi connectivity index (χ4v) is 9.26. The molecular formula is C61H92N16O11. The SMILES string of the molecule is CC(=O)c1ccc(C(=O)NCCCCC(NC(=O)[C@H](CC(C)C)NC(=O)[C@H](Cc2ccccc2)NC(=O)[C@H](Cc2ccccc2)NC(=O)[C@H](CCCCN)NC(=O)[C@H](CC(N)=O)NC(=O)[C@H](CCCCN)NC(=O)[C@@H](N)CCCNC(=N)N)C(N)=O)cc1. The first-order valence-electron chi connectivity index (χ1n) is 29.8. The lowest BCUT2D eigenvalue weighted by Crippen LogP contribution is -2.61. The van der Waals surface area contributed by atoms with Gasteiger partial charge in [-0.05, 0) is 126 Å². The number of benzene rings is 3. The molecule has 1 unspecified atom stereocenters. The number of carbonyl (C=O) groups is 11. The van der Waals surface area contributed by atoms with Gasteiger partial charge in [-0.25, -0.2) is 0 Å². The molecule has 0 aliphatic heterocycles. The molecular weight excluding hydrogens is 1130 g/mol. The summed E-state index contributed by atoms with van der Waals surface area (Å²) in [5, 5.41) is 31.5. The molecule has 27 nitrogen and oxygen atoms in total. The van der Waals surface area contributed by atoms with Gasteiger partial charge < -0.3 is 82.3 Å². The normalized spacial score (nSPS) is 13.7. The number of hydrogen-bond acceptors (Lipinski definition) is 15. The van der Waals surface area contributed by atoms with E-state index in [2.05, 4.69) is 47.9 Å². The van der Waals surface area contributed by atoms with Gasteiger partial charge in [0.25, 0.3) is 5.91 Å². The lowest BCUT2D eigenvalue weighted by Gasteiger charge is -2.28. The first-order valence-corrected chi connectivity index (χ1v) is 29.8. The third-order valence-corrected chi connectivity index (χ3v) is 14.1. The number of primary amides is 2. The Hall–Kier alpha value is -8.82. The van der Waals surface area contributed by atoms with Gasteiger partial charge in [0.2, 0.25) is 53.2 Å². The Kier molecular flexibility index (Phi) is 33.2. The smallest absolute Gasteiger partial charge is 0.251 e. The van der Waals surface area contributed by atoms with E-state index in [0.717, 1.165) is 0 Å². The van der Waals surface area contributed by atoms with Crippen LogP contribution < -0.4 is 82.3 Å². The predicted molar refractivity (Wildman–Crippen MR) is 332 cm³/mol. The monoisotopic (exact) mass is 1220 g/mol. The van der Waals surface area contributed by atoms with E-state index in [1.165, 1.54) is 6.92 Å². The van der Waals surface area contributed by atoms with Gasteiger partial charge in [-0.1, -0.05) is 86.6 Å². The zero-order valence-electron chi connectivity index (χ0n) is 50.7. The molecule has 0 saturated carbocycles. The van der Waals surface area contributed by atoms with Crippen molar-refractivity contribution >= 4 is 70.8 Å². The second-order valence-electron chi connectivity index (χ2n) is 22.1. The van der Waals surface area contributed by atoms with Crippen LogP contribution in [0.2, 0.25) is 0 Å². The predicted octanol–water partition coefficient (Wildman–Crippen LogP) is -1.08. The van der Waals surface area contributed by atoms with Crippen LogP contribution in [-0.2, 0) is 56.0 Å². The summed E-state index contributed by atoms with van der Waals surface area (Å²) in [6.45, 7) is 6.08. The molecule has 0 heterocycles. The molecule has 0 saturated heterocycles. The molecule has 3 rings (SSSR count). The maximum atomic E-state index is 14.8. The zero-order valence-corrected chi connectivity index (χ0v) is 50.7. The van der Waals surface area contributed by atoms with Crippen LogP contribution in [0.1, 0.15) is 136 Å². The Morgan fingerprint density at radius 3 is 1.31 bits per heavy atom. The van der Waals surface area contributed by atoms with E-state index in [9.17, 15) is 52.7 Å². The minimum absolute atomic E-state index is 0.0312. The fraction of sp³-hybridized carbons (Fsp3) is 0.508. The van der Waals surface area contributed by atoms with Crippen molar-refractivity contribution in [1.29, 1.82) is 5.41 Å². The summed E-state index contributed by atoms with van der Waals surface area (Å²) < 4.78 is 0. The summed E-state index contributed by atoms with van der Waals surface area (Å²) in [5.74, 6) is -8.43. The highest BCUT2D eigenvalue weighted by Gasteiger charge is 2.35. The highest BCUT2D eigenvalue weighted by molar-refractivity contribution is 6.00. The van der Waals surface area contributed by atoms with Crippen LogP contribution in [0.3, 0.4) is 0 Å². The van der Waals surface area contributed by atoms with E-state index in [4.69, 9.17) is 39.8 Å². The molecule has 0 aliphatic rings. The second kappa shape index (κ2) is 39.8. The molecule has 10 amide bonds. The summed E-state index contributed by atoms with van der Waals surface area (Å²) in [7, 11) is 0. The van der Waals surface area contributed by atoms with Crippen LogP contribution in [0.15, 0.2) is 84.9 Å². The van der Waals surface area contributed by atoms with Crippen LogP contribution in [0.25, 0.3) is 0 Å². The quantitative estimate of drug-likeness (QED) is 0.0139. The molecule has 0 aliphatic carbocycles. The summed E-state index contributed by atoms with van der Waals surface area (Å²) >= 11 is 0. The Morgan fingerprint density at radius 2 is 0.841 bits per heavy atom. The van der Waals surface area contributed by atoms with Gasteiger partial charge >= 0.3 is 0 Å². The summed E-state index contributed by atoms with van der Waals surface area (Å²) in [4.78, 5) is 149. The van der Waals surface area contributed by atoms with Crippen molar-refractivity contribution in [2.45, 2.75) is 165 Å². The maximum Gasteiger partial charge on any atom is 0.251 e. The van der Waals surface area contributed by atoms with Crippen LogP contribution >= 0.6 is 0 Å². The largest absolute Gasteiger partial charge is 0.370 e. The summed E-state index contributed by atoms with van der Waals surface area (Å²) in [6, 6.07) is 13.0. The van der Waals surface area contributed by atoms with Crippen LogP contribution in [-0.4, -0.2) is 145 Å². The van der Waals surface area contributed by atoms with Crippen molar-refractivity contribution in [2.24, 2.45) is 40.3 Å². The summed E-state index contributed by atoms with van der Waals surface area (Å²) in [6.07, 6.45) is 2.20. The van der Waals surface area contributed by atoms with Crippen molar-refractivity contribution in [3.05, 3.63) is 107 Å². The minimum Gasteiger partial charge on any atom is -0.370 e. The lowest BCUT2D eigenvalue weighted by molar-refractivity contribution is -0.136. The van der Waals surface area contributed by atoms with Gasteiger partial charge in [0.05, 0.1) is 12.5 Å². The molecule has 0 spiro atoms. The number of guanidine groups is 1. The van der Waals surface area contributed by atoms with Gasteiger partial charge in [0.1, 0.15) is 42.3 Å². The first kappa shape index (κ1) is 73.4. The number of Topliss-reactive ketones (excluding diaryl/α,β-unsaturated/α-hetero) is 1. The van der Waals surface area contributed by atoms with Crippen molar-refractivity contribution in [3.63, 3.8) is 0 Å². The highest BCUT2D eigenvalue weighted by atomic mass is 16.2. The average molecular weight is 1230 g/mol. The number of amides is 10. The van der Waals surface area contributed by atoms with Gasteiger partial charge in [-0.15, -0.1) is 0 Å². The number of ketones is 1. The van der Waals surface area contributed by atoms with Gasteiger partial charge in [-0.3, -0.25) is 58.1 Å². The molecule has 0 fully saturated rings. The minimum atomic E-state index is -1.66. The van der Waals surface area contributed by atoms with Gasteiger partial charge in [0, 0.05) is 37.1 Å². The molecule has 0 aromatic heterocycles. The molecule has 88 heavy (non-hydrogen) atoms. The van der Waals surface area contributed by atoms with E-state index in [-0.39, 0.29) is 94.7 Å². The Labute approximate surface area is 514 Å². The second-order valence-corrected chi connectivity index (χ2v) is 22.1. The molecule has 0 bridgehead atoms. The van der Waals surface area contributed by atoms with E-state index in [0.29, 0.717) is 67.2 Å². The van der Waals surface area contributed by atoms with Crippen LogP contribution in [0.4, 0.5) is 0 Å². The Morgan fingerprint density at radius 1 is 0.443 bits per heavy atom. The third-order valence-electron chi connectivity index (χ3n) is 14.1. The van der Waals surface area contributed by atoms with E-state index in [1.54, 1.807) is 84.9 Å². The molecule has 3 aromatic rings. The van der Waals surface area contributed by atoms with Crippen LogP contribution in [0, 0.1) is 11.3 Å². The fourth-order valence-electron chi connectivity index (χ4n) is 9.26. The molecule has 22 N–H and O–H groups in total. The van der Waals surface area contributed by atoms with Gasteiger partial charge in [0.15, 0.2) is 11.7 Å². The molecule has 482 valence electrons. The molecule has 0 radical (unpaired) electrons. The third kappa shape index (κ3) is 28.1. The number of nitrogens with two attached hydrogens (primary N) is 6. The topological polar surface area (TPSA) is 476 Å². The van der Waals surface area contributed by atoms with Crippen molar-refractivity contribution in [2.75, 3.05) is 26.2 Å². The summed E-state index contributed by atoms with van der Waals surface area (Å²) in [5.41, 5.74) is 36.4. The molecule has 27 heteroatoms. The van der Waals surface area contributed by atoms with Crippen molar-refractivity contribution in [3.8, 4) is 0 Å². The lowest BCUT2D eigenvalue weighted by atomic mass is 9.99. The van der Waals surface area contributed by atoms with Crippen molar-refractivity contribution in [1.82, 2.24) is 47.9 Å². The van der Waals surface area contributed by atoms with E-state index in [1.807, 2.05) is 13.8 Å². The Bertz CT molecular complexity index is 2770. The average Bonchev–Trinajstić information content (AvgIpc) is 3.66. The standard InChI is InChI=1S/C61H92N16O11/c1-37(2)33-47(57(85)71-44(52(66)80)22-12-15-31-69-53(81)42-27-25-41(26-28-42)38(3)78)74-58(86)49(35-40-19-8-5-9-20-40)76-59(87)48(34-39-17-6-4-7-18-39)75-56(84)46(24-11-14-30-63)73-60(88)50(36-51(65)79)77-55(83)45(23-10-13-29-62)72-54(82)43(64)21-16-32-70-61(67)68/h4-9,17-20,25-28,37,43-50H,10-16,21-24,29-36,62-64H2,1-3H3,(H2,65,79)(H2,66,80)(H,69,81)(H,71,85)(H,72,82)(H,73,88)(H,74,86)(H,75,84)(H,76,87)(H,77,83)(H4,67,68,70)/t43-,44?,45-,46-,47-,48-,49-,50-/m0/s1. The van der Waals surface area contributed by atoms with E-state index >= 15 is 0 Å². The number of rotatable bonds is 42. The number of unbranched alkanes of at least 4 members (excludes halogenated alkanes) is 3. The number of hydrogen-bond donors (Lipinski definition) is 16. The van der Waals surface area contributed by atoms with Crippen LogP contribution in [0.5, 0.6) is 0 Å². The first-order chi connectivity index (χ1) is 41.9. The van der Waals surface area contributed by atoms with Gasteiger partial charge in [-0.2, -0.15) is 0 Å². The number of nitrogens with one attached hydrogen (secondary N) is 10. The Balaban J connectivity index is 1.88. The molecule has 8 atom stereocenters. The van der Waals surface area contributed by atoms with Crippen molar-refractivity contribution < 1.29 is 52.7 Å². The maximum absolute atomic E-state index is 14.8. The number of carbonyl (C=O) groups excluding carboxylic acids is 11.